The van der Waals surface area contributed by atoms with Gasteiger partial charge in [0.15, 0.2) is 11.5 Å². The van der Waals surface area contributed by atoms with Crippen molar-refractivity contribution in [3.63, 3.8) is 0 Å². The number of fused-ring (bicyclic) bond motifs is 1. The molecule has 0 spiro atoms. The van der Waals surface area contributed by atoms with Gasteiger partial charge in [-0.2, -0.15) is 0 Å². The number of hydrogen-bond donors (Lipinski definition) is 0. The summed E-state index contributed by atoms with van der Waals surface area (Å²) in [7, 11) is 3.32. The molecule has 3 aromatic rings. The van der Waals surface area contributed by atoms with Crippen molar-refractivity contribution < 1.29 is 9.47 Å². The summed E-state index contributed by atoms with van der Waals surface area (Å²) in [6, 6.07) is 14.4. The van der Waals surface area contributed by atoms with Crippen LogP contribution < -0.4 is 9.47 Å². The van der Waals surface area contributed by atoms with Crippen LogP contribution in [0.2, 0.25) is 0 Å². The molecule has 0 atom stereocenters. The maximum absolute atomic E-state index is 5.42. The van der Waals surface area contributed by atoms with Crippen LogP contribution >= 0.6 is 0 Å². The van der Waals surface area contributed by atoms with Crippen LogP contribution in [-0.2, 0) is 13.0 Å². The number of ether oxygens (including phenoxy) is 2. The molecule has 0 amide bonds. The van der Waals surface area contributed by atoms with Gasteiger partial charge in [0, 0.05) is 13.0 Å². The second-order valence-electron chi connectivity index (χ2n) is 5.89. The number of methoxy groups -OCH3 is 2. The van der Waals surface area contributed by atoms with Gasteiger partial charge in [0.25, 0.3) is 0 Å². The van der Waals surface area contributed by atoms with Gasteiger partial charge in [0.2, 0.25) is 0 Å². The van der Waals surface area contributed by atoms with Gasteiger partial charge in [0.05, 0.1) is 25.3 Å². The molecule has 0 radical (unpaired) electrons. The van der Waals surface area contributed by atoms with E-state index in [9.17, 15) is 0 Å². The lowest BCUT2D eigenvalue weighted by atomic mass is 10.1. The van der Waals surface area contributed by atoms with Crippen molar-refractivity contribution in [3.05, 3.63) is 53.9 Å². The number of benzene rings is 2. The van der Waals surface area contributed by atoms with E-state index in [-0.39, 0.29) is 0 Å². The smallest absolute Gasteiger partial charge is 0.161 e. The summed E-state index contributed by atoms with van der Waals surface area (Å²) >= 11 is 0. The molecule has 0 bridgehead atoms. The van der Waals surface area contributed by atoms with Crippen molar-refractivity contribution in [1.82, 2.24) is 9.55 Å². The highest BCUT2D eigenvalue weighted by Gasteiger charge is 2.12. The molecular weight excluding hydrogens is 300 g/mol. The zero-order chi connectivity index (χ0) is 16.9. The lowest BCUT2D eigenvalue weighted by Crippen LogP contribution is -2.05. The maximum atomic E-state index is 5.42. The van der Waals surface area contributed by atoms with E-state index in [0.717, 1.165) is 42.2 Å². The molecule has 0 aliphatic rings. The minimum Gasteiger partial charge on any atom is -0.493 e. The Labute approximate surface area is 143 Å². The SMILES string of the molecule is CCCCn1c(Cc2ccc(OC)c(OC)c2)nc2ccccc21. The number of rotatable bonds is 7. The maximum Gasteiger partial charge on any atom is 0.161 e. The Balaban J connectivity index is 1.97. The van der Waals surface area contributed by atoms with E-state index in [1.807, 2.05) is 18.2 Å². The van der Waals surface area contributed by atoms with Crippen LogP contribution in [0.15, 0.2) is 42.5 Å². The Bertz CT molecular complexity index is 824. The first-order valence-corrected chi connectivity index (χ1v) is 8.41. The number of imidazole rings is 1. The average molecular weight is 324 g/mol. The normalized spacial score (nSPS) is 11.0. The van der Waals surface area contributed by atoms with Gasteiger partial charge in [0.1, 0.15) is 5.82 Å². The third kappa shape index (κ3) is 3.23. The van der Waals surface area contributed by atoms with Crippen molar-refractivity contribution in [2.45, 2.75) is 32.7 Å². The zero-order valence-corrected chi connectivity index (χ0v) is 14.6. The van der Waals surface area contributed by atoms with Crippen molar-refractivity contribution in [2.24, 2.45) is 0 Å². The van der Waals surface area contributed by atoms with Gasteiger partial charge in [-0.25, -0.2) is 4.98 Å². The Hall–Kier alpha value is -2.49. The van der Waals surface area contributed by atoms with Crippen LogP contribution in [-0.4, -0.2) is 23.8 Å². The quantitative estimate of drug-likeness (QED) is 0.644. The summed E-state index contributed by atoms with van der Waals surface area (Å²) < 4.78 is 13.1. The Morgan fingerprint density at radius 2 is 1.79 bits per heavy atom. The van der Waals surface area contributed by atoms with Crippen molar-refractivity contribution >= 4 is 11.0 Å². The number of unbranched alkanes of at least 4 members (excludes halogenated alkanes) is 1. The molecule has 0 aliphatic heterocycles. The molecule has 1 heterocycles. The first-order chi connectivity index (χ1) is 11.8. The summed E-state index contributed by atoms with van der Waals surface area (Å²) in [5.41, 5.74) is 3.44. The first kappa shape index (κ1) is 16.4. The average Bonchev–Trinajstić information content (AvgIpc) is 2.96. The van der Waals surface area contributed by atoms with Gasteiger partial charge < -0.3 is 14.0 Å². The van der Waals surface area contributed by atoms with Gasteiger partial charge in [-0.15, -0.1) is 0 Å². The summed E-state index contributed by atoms with van der Waals surface area (Å²) in [5, 5.41) is 0. The molecule has 0 saturated heterocycles. The predicted octanol–water partition coefficient (Wildman–Crippen LogP) is 4.44. The fourth-order valence-electron chi connectivity index (χ4n) is 3.00. The molecule has 0 fully saturated rings. The van der Waals surface area contributed by atoms with Crippen LogP contribution in [0.25, 0.3) is 11.0 Å². The van der Waals surface area contributed by atoms with Crippen LogP contribution in [0.5, 0.6) is 11.5 Å². The van der Waals surface area contributed by atoms with Gasteiger partial charge in [-0.1, -0.05) is 31.5 Å². The standard InChI is InChI=1S/C20H24N2O2/c1-4-5-12-22-17-9-7-6-8-16(17)21-20(22)14-15-10-11-18(23-2)19(13-15)24-3/h6-11,13H,4-5,12,14H2,1-3H3. The molecule has 24 heavy (non-hydrogen) atoms. The van der Waals surface area contributed by atoms with Gasteiger partial charge in [-0.05, 0) is 36.2 Å². The monoisotopic (exact) mass is 324 g/mol. The number of aryl methyl sites for hydroxylation is 1. The second kappa shape index (κ2) is 7.39. The molecule has 126 valence electrons. The van der Waals surface area contributed by atoms with E-state index >= 15 is 0 Å². The van der Waals surface area contributed by atoms with Crippen molar-refractivity contribution in [1.29, 1.82) is 0 Å². The van der Waals surface area contributed by atoms with Crippen molar-refractivity contribution in [3.8, 4) is 11.5 Å². The molecule has 0 saturated carbocycles. The Morgan fingerprint density at radius 1 is 1.00 bits per heavy atom. The van der Waals surface area contributed by atoms with Crippen molar-refractivity contribution in [2.75, 3.05) is 14.2 Å². The Morgan fingerprint density at radius 3 is 2.54 bits per heavy atom. The second-order valence-corrected chi connectivity index (χ2v) is 5.89. The lowest BCUT2D eigenvalue weighted by Gasteiger charge is -2.11. The summed E-state index contributed by atoms with van der Waals surface area (Å²) in [4.78, 5) is 4.85. The number of hydrogen-bond acceptors (Lipinski definition) is 3. The highest BCUT2D eigenvalue weighted by atomic mass is 16.5. The van der Waals surface area contributed by atoms with Gasteiger partial charge in [-0.3, -0.25) is 0 Å². The molecule has 3 rings (SSSR count). The lowest BCUT2D eigenvalue weighted by molar-refractivity contribution is 0.354. The topological polar surface area (TPSA) is 36.3 Å². The molecule has 0 aliphatic carbocycles. The summed E-state index contributed by atoms with van der Waals surface area (Å²) in [6.07, 6.45) is 3.10. The summed E-state index contributed by atoms with van der Waals surface area (Å²) in [6.45, 7) is 3.22. The minimum atomic E-state index is 0.751. The van der Waals surface area contributed by atoms with E-state index < -0.39 is 0 Å². The summed E-state index contributed by atoms with van der Waals surface area (Å²) in [5.74, 6) is 2.60. The molecular formula is C20H24N2O2. The molecule has 0 unspecified atom stereocenters. The minimum absolute atomic E-state index is 0.751. The number of para-hydroxylation sites is 2. The first-order valence-electron chi connectivity index (χ1n) is 8.41. The highest BCUT2D eigenvalue weighted by Crippen LogP contribution is 2.29. The van der Waals surface area contributed by atoms with Gasteiger partial charge >= 0.3 is 0 Å². The molecule has 4 heteroatoms. The fourth-order valence-corrected chi connectivity index (χ4v) is 3.00. The van der Waals surface area contributed by atoms with Crippen LogP contribution in [0.1, 0.15) is 31.2 Å². The molecule has 0 N–H and O–H groups in total. The number of aromatic nitrogens is 2. The van der Waals surface area contributed by atoms with E-state index in [0.29, 0.717) is 0 Å². The molecule has 1 aromatic heterocycles. The highest BCUT2D eigenvalue weighted by molar-refractivity contribution is 5.76. The zero-order valence-electron chi connectivity index (χ0n) is 14.6. The third-order valence-corrected chi connectivity index (χ3v) is 4.28. The van der Waals surface area contributed by atoms with E-state index in [4.69, 9.17) is 14.5 Å². The number of nitrogens with zero attached hydrogens (tertiary/aromatic N) is 2. The largest absolute Gasteiger partial charge is 0.493 e. The predicted molar refractivity (Wildman–Crippen MR) is 97.0 cm³/mol. The Kier molecular flexibility index (Phi) is 5.04. The van der Waals surface area contributed by atoms with Crippen LogP contribution in [0, 0.1) is 0 Å². The van der Waals surface area contributed by atoms with E-state index in [2.05, 4.69) is 35.8 Å². The molecule has 2 aromatic carbocycles. The van der Waals surface area contributed by atoms with E-state index in [1.54, 1.807) is 14.2 Å². The third-order valence-electron chi connectivity index (χ3n) is 4.28. The van der Waals surface area contributed by atoms with Crippen LogP contribution in [0.4, 0.5) is 0 Å². The van der Waals surface area contributed by atoms with E-state index in [1.165, 1.54) is 17.5 Å². The molecule has 4 nitrogen and oxygen atoms in total. The van der Waals surface area contributed by atoms with Crippen LogP contribution in [0.3, 0.4) is 0 Å². The fraction of sp³-hybridized carbons (Fsp3) is 0.350.